The molecule has 2 fully saturated rings. The van der Waals surface area contributed by atoms with E-state index in [9.17, 15) is 9.59 Å². The summed E-state index contributed by atoms with van der Waals surface area (Å²) in [6.07, 6.45) is 0.558. The molecule has 3 rings (SSSR count). The van der Waals surface area contributed by atoms with Crippen molar-refractivity contribution in [2.75, 3.05) is 26.7 Å². The molecular weight excluding hydrogens is 397 g/mol. The van der Waals surface area contributed by atoms with E-state index in [4.69, 9.17) is 19.8 Å². The first-order chi connectivity index (χ1) is 14.5. The van der Waals surface area contributed by atoms with E-state index in [0.29, 0.717) is 19.6 Å². The molecule has 0 bridgehead atoms. The van der Waals surface area contributed by atoms with Gasteiger partial charge in [-0.25, -0.2) is 0 Å². The Morgan fingerprint density at radius 3 is 2.39 bits per heavy atom. The number of likely N-dealkylation sites (N-methyl/N-ethyl adjacent to an activating group) is 1. The van der Waals surface area contributed by atoms with Crippen LogP contribution in [0.4, 0.5) is 0 Å². The normalized spacial score (nSPS) is 24.4. The van der Waals surface area contributed by atoms with Crippen LogP contribution in [0.5, 0.6) is 0 Å². The number of nitrogens with one attached hydrogen (secondary N) is 1. The number of carbonyl (C=O) groups is 2. The highest BCUT2D eigenvalue weighted by Gasteiger charge is 2.51. The van der Waals surface area contributed by atoms with Crippen molar-refractivity contribution < 1.29 is 23.6 Å². The van der Waals surface area contributed by atoms with E-state index in [1.807, 2.05) is 63.9 Å². The zero-order valence-electron chi connectivity index (χ0n) is 19.1. The molecule has 2 saturated heterocycles. The molecule has 0 saturated carbocycles. The second-order valence-electron chi connectivity index (χ2n) is 9.47. The van der Waals surface area contributed by atoms with E-state index in [1.165, 1.54) is 0 Å². The molecule has 2 atom stereocenters. The third-order valence-corrected chi connectivity index (χ3v) is 6.38. The summed E-state index contributed by atoms with van der Waals surface area (Å²) in [4.78, 5) is 26.7. The predicted octanol–water partition coefficient (Wildman–Crippen LogP) is 0.219. The van der Waals surface area contributed by atoms with Crippen LogP contribution in [-0.2, 0) is 30.1 Å². The summed E-state index contributed by atoms with van der Waals surface area (Å²) >= 11 is 0. The molecule has 1 aromatic rings. The number of ether oxygens (including phenoxy) is 1. The number of primary amides is 1. The first-order valence-electron chi connectivity index (χ1n) is 10.8. The molecule has 2 aliphatic heterocycles. The summed E-state index contributed by atoms with van der Waals surface area (Å²) in [5, 5.41) is 2.76. The zero-order valence-corrected chi connectivity index (χ0v) is 19.1. The summed E-state index contributed by atoms with van der Waals surface area (Å²) in [6, 6.07) is 6.82. The number of rotatable bonds is 6. The smallest absolute Gasteiger partial charge is 0.399 e. The van der Waals surface area contributed by atoms with E-state index in [2.05, 4.69) is 5.32 Å². The Morgan fingerprint density at radius 2 is 1.81 bits per heavy atom. The zero-order chi connectivity index (χ0) is 22.8. The largest absolute Gasteiger partial charge is 0.494 e. The van der Waals surface area contributed by atoms with Crippen molar-refractivity contribution in [3.05, 3.63) is 29.8 Å². The molecule has 0 aromatic heterocycles. The van der Waals surface area contributed by atoms with Gasteiger partial charge in [0, 0.05) is 26.1 Å². The monoisotopic (exact) mass is 431 g/mol. The highest BCUT2D eigenvalue weighted by atomic mass is 16.7. The second kappa shape index (κ2) is 9.28. The molecule has 170 valence electrons. The van der Waals surface area contributed by atoms with Crippen molar-refractivity contribution in [3.8, 4) is 0 Å². The molecule has 0 aliphatic carbocycles. The maximum atomic E-state index is 12.6. The van der Waals surface area contributed by atoms with Gasteiger partial charge in [0.1, 0.15) is 12.1 Å². The van der Waals surface area contributed by atoms with E-state index in [0.717, 1.165) is 24.0 Å². The average Bonchev–Trinajstić information content (AvgIpc) is 2.82. The minimum Gasteiger partial charge on any atom is -0.399 e. The number of nitrogens with zero attached hydrogens (tertiary/aromatic N) is 1. The Labute approximate surface area is 184 Å². The number of benzene rings is 1. The van der Waals surface area contributed by atoms with E-state index >= 15 is 0 Å². The Balaban J connectivity index is 1.63. The Morgan fingerprint density at radius 1 is 1.19 bits per heavy atom. The van der Waals surface area contributed by atoms with Crippen molar-refractivity contribution in [1.82, 2.24) is 10.2 Å². The van der Waals surface area contributed by atoms with E-state index < -0.39 is 36.4 Å². The maximum Gasteiger partial charge on any atom is 0.494 e. The summed E-state index contributed by atoms with van der Waals surface area (Å²) in [5.74, 6) is -0.892. The van der Waals surface area contributed by atoms with Crippen molar-refractivity contribution in [1.29, 1.82) is 0 Å². The molecule has 1 aromatic carbocycles. The molecular formula is C22H34BN3O5. The van der Waals surface area contributed by atoms with Crippen LogP contribution in [0.1, 0.15) is 39.7 Å². The summed E-state index contributed by atoms with van der Waals surface area (Å²) in [7, 11) is 1.50. The van der Waals surface area contributed by atoms with Crippen molar-refractivity contribution in [2.24, 2.45) is 5.73 Å². The molecule has 2 aliphatic rings. The number of hydrogen-bond donors (Lipinski definition) is 2. The van der Waals surface area contributed by atoms with Gasteiger partial charge in [-0.15, -0.1) is 0 Å². The van der Waals surface area contributed by atoms with Gasteiger partial charge in [-0.3, -0.25) is 9.59 Å². The molecule has 0 unspecified atom stereocenters. The highest BCUT2D eigenvalue weighted by molar-refractivity contribution is 6.62. The molecule has 8 nitrogen and oxygen atoms in total. The average molecular weight is 431 g/mol. The molecule has 3 N–H and O–H groups in total. The van der Waals surface area contributed by atoms with Gasteiger partial charge in [0.05, 0.1) is 11.2 Å². The van der Waals surface area contributed by atoms with Gasteiger partial charge < -0.3 is 30.0 Å². The summed E-state index contributed by atoms with van der Waals surface area (Å²) in [6.45, 7) is 9.92. The van der Waals surface area contributed by atoms with Gasteiger partial charge in [0.2, 0.25) is 5.91 Å². The molecule has 2 heterocycles. The Hall–Kier alpha value is -1.94. The van der Waals surface area contributed by atoms with Crippen LogP contribution in [0, 0.1) is 0 Å². The molecule has 0 spiro atoms. The predicted molar refractivity (Wildman–Crippen MR) is 119 cm³/mol. The lowest BCUT2D eigenvalue weighted by Crippen LogP contribution is -2.51. The van der Waals surface area contributed by atoms with E-state index in [1.54, 1.807) is 0 Å². The lowest BCUT2D eigenvalue weighted by atomic mass is 9.78. The lowest BCUT2D eigenvalue weighted by Gasteiger charge is -2.32. The topological polar surface area (TPSA) is 103 Å². The van der Waals surface area contributed by atoms with E-state index in [-0.39, 0.29) is 5.91 Å². The number of carbonyl (C=O) groups excluding carboxylic acids is 2. The fourth-order valence-corrected chi connectivity index (χ4v) is 3.66. The highest BCUT2D eigenvalue weighted by Crippen LogP contribution is 2.36. The molecule has 2 amide bonds. The minimum atomic E-state index is -0.813. The van der Waals surface area contributed by atoms with Gasteiger partial charge in [0.15, 0.2) is 0 Å². The van der Waals surface area contributed by atoms with Crippen molar-refractivity contribution >= 4 is 24.4 Å². The first kappa shape index (κ1) is 23.7. The summed E-state index contributed by atoms with van der Waals surface area (Å²) < 4.78 is 17.8. The van der Waals surface area contributed by atoms with Crippen molar-refractivity contribution in [2.45, 2.75) is 63.9 Å². The van der Waals surface area contributed by atoms with Gasteiger partial charge in [-0.2, -0.15) is 0 Å². The molecule has 31 heavy (non-hydrogen) atoms. The quantitative estimate of drug-likeness (QED) is 0.625. The fraction of sp³-hybridized carbons (Fsp3) is 0.636. The molecule has 0 radical (unpaired) electrons. The van der Waals surface area contributed by atoms with Crippen LogP contribution in [0.15, 0.2) is 24.3 Å². The SMILES string of the molecule is CN1CCCO[C@H](C(=O)N[C@@H](Cc2ccc(B3OC(C)(C)C(C)(C)O3)cc2)C(N)=O)C1. The number of nitrogens with two attached hydrogens (primary N) is 1. The molecule has 9 heteroatoms. The first-order valence-corrected chi connectivity index (χ1v) is 10.8. The fourth-order valence-electron chi connectivity index (χ4n) is 3.66. The van der Waals surface area contributed by atoms with Crippen molar-refractivity contribution in [3.63, 3.8) is 0 Å². The number of hydrogen-bond acceptors (Lipinski definition) is 6. The van der Waals surface area contributed by atoms with Crippen LogP contribution in [0.2, 0.25) is 0 Å². The number of amides is 2. The standard InChI is InChI=1S/C22H34BN3O5/c1-21(2)22(3,4)31-23(30-21)16-9-7-15(8-10-16)13-17(19(24)27)25-20(28)18-14-26(5)11-6-12-29-18/h7-10,17-18H,6,11-14H2,1-5H3,(H2,24,27)(H,25,28)/t17-,18-/m0/s1. The Kier molecular flexibility index (Phi) is 7.10. The van der Waals surface area contributed by atoms with Gasteiger partial charge in [-0.1, -0.05) is 24.3 Å². The minimum absolute atomic E-state index is 0.299. The second-order valence-corrected chi connectivity index (χ2v) is 9.47. The lowest BCUT2D eigenvalue weighted by molar-refractivity contribution is -0.136. The van der Waals surface area contributed by atoms with Gasteiger partial charge >= 0.3 is 7.12 Å². The van der Waals surface area contributed by atoms with Crippen LogP contribution in [0.3, 0.4) is 0 Å². The summed E-state index contributed by atoms with van der Waals surface area (Å²) in [5.41, 5.74) is 6.52. The third-order valence-electron chi connectivity index (χ3n) is 6.38. The van der Waals surface area contributed by atoms with Gasteiger partial charge in [-0.05, 0) is 52.2 Å². The maximum absolute atomic E-state index is 12.6. The third kappa shape index (κ3) is 5.66. The Bertz CT molecular complexity index is 783. The van der Waals surface area contributed by atoms with Crippen LogP contribution >= 0.6 is 0 Å². The van der Waals surface area contributed by atoms with Crippen LogP contribution in [-0.4, -0.2) is 73.9 Å². The van der Waals surface area contributed by atoms with Gasteiger partial charge in [0.25, 0.3) is 5.91 Å². The van der Waals surface area contributed by atoms with Crippen LogP contribution < -0.4 is 16.5 Å². The van der Waals surface area contributed by atoms with Crippen LogP contribution in [0.25, 0.3) is 0 Å².